The Balaban J connectivity index is 0.962. The van der Waals surface area contributed by atoms with Crippen molar-refractivity contribution in [2.24, 2.45) is 0 Å². The highest BCUT2D eigenvalue weighted by Gasteiger charge is 2.22. The lowest BCUT2D eigenvalue weighted by atomic mass is 9.88. The van der Waals surface area contributed by atoms with E-state index in [0.29, 0.717) is 17.5 Å². The Morgan fingerprint density at radius 2 is 0.746 bits per heavy atom. The first-order chi connectivity index (χ1) is 33.2. The molecule has 3 aromatic heterocycles. The Hall–Kier alpha value is -9.06. The summed E-state index contributed by atoms with van der Waals surface area (Å²) in [5, 5.41) is 7.67. The van der Waals surface area contributed by atoms with E-state index in [9.17, 15) is 0 Å². The molecule has 0 aliphatic rings. The van der Waals surface area contributed by atoms with Gasteiger partial charge in [-0.25, -0.2) is 19.9 Å². The van der Waals surface area contributed by atoms with Crippen molar-refractivity contribution >= 4 is 54.4 Å². The van der Waals surface area contributed by atoms with Crippen LogP contribution in [0.4, 0.5) is 0 Å². The van der Waals surface area contributed by atoms with Crippen molar-refractivity contribution in [2.75, 3.05) is 0 Å². The van der Waals surface area contributed by atoms with E-state index in [4.69, 9.17) is 24.4 Å². The summed E-state index contributed by atoms with van der Waals surface area (Å²) in [5.74, 6) is 1.88. The van der Waals surface area contributed by atoms with Gasteiger partial charge in [0, 0.05) is 54.7 Å². The molecule has 0 atom stereocenters. The number of furan rings is 1. The number of aromatic nitrogens is 4. The molecule has 3 heterocycles. The van der Waals surface area contributed by atoms with Crippen molar-refractivity contribution in [3.8, 4) is 78.8 Å². The van der Waals surface area contributed by atoms with Crippen LogP contribution in [-0.2, 0) is 0 Å². The molecule has 0 amide bonds. The van der Waals surface area contributed by atoms with E-state index in [2.05, 4.69) is 182 Å². The number of hydrogen-bond donors (Lipinski definition) is 0. The van der Waals surface area contributed by atoms with E-state index in [1.54, 1.807) is 0 Å². The maximum Gasteiger partial charge on any atom is 0.164 e. The third-order valence-electron chi connectivity index (χ3n) is 12.9. The van der Waals surface area contributed by atoms with Gasteiger partial charge in [-0.15, -0.1) is 0 Å². The van der Waals surface area contributed by atoms with Crippen LogP contribution in [0.2, 0.25) is 0 Å². The van der Waals surface area contributed by atoms with E-state index < -0.39 is 0 Å². The lowest BCUT2D eigenvalue weighted by Gasteiger charge is -2.16. The molecular weight excluding hydrogens is 817 g/mol. The summed E-state index contributed by atoms with van der Waals surface area (Å²) in [6, 6.07) is 80.4. The molecule has 312 valence electrons. The molecule has 0 unspecified atom stereocenters. The highest BCUT2D eigenvalue weighted by molar-refractivity contribution is 6.27. The molecule has 67 heavy (non-hydrogen) atoms. The van der Waals surface area contributed by atoms with Gasteiger partial charge >= 0.3 is 0 Å². The van der Waals surface area contributed by atoms with Crippen molar-refractivity contribution in [3.05, 3.63) is 231 Å². The maximum atomic E-state index is 6.66. The normalized spacial score (nSPS) is 11.6. The Kier molecular flexibility index (Phi) is 9.10. The molecular formula is C62H38N4O. The summed E-state index contributed by atoms with van der Waals surface area (Å²) in [4.78, 5) is 20.6. The SMILES string of the molecule is c1ccc(-c2ccc(-c3nc(-c4ccccc4)nc(-c4ccc(-c5ccc(-c6c7c(cc8c(-c9ccccc9)nc9ccccc9c68)oc6ccccc67)cc5)c5ccccc45)n3)cc2)cc1. The fourth-order valence-corrected chi connectivity index (χ4v) is 9.77. The minimum atomic E-state index is 0.623. The lowest BCUT2D eigenvalue weighted by molar-refractivity contribution is 0.669. The number of hydrogen-bond acceptors (Lipinski definition) is 5. The zero-order valence-electron chi connectivity index (χ0n) is 36.1. The summed E-state index contributed by atoms with van der Waals surface area (Å²) in [5.41, 5.74) is 14.2. The smallest absolute Gasteiger partial charge is 0.164 e. The van der Waals surface area contributed by atoms with Crippen LogP contribution in [-0.4, -0.2) is 19.9 Å². The quantitative estimate of drug-likeness (QED) is 0.149. The van der Waals surface area contributed by atoms with Crippen LogP contribution >= 0.6 is 0 Å². The average Bonchev–Trinajstić information content (AvgIpc) is 3.79. The van der Waals surface area contributed by atoms with E-state index in [1.807, 2.05) is 48.5 Å². The summed E-state index contributed by atoms with van der Waals surface area (Å²) in [6.07, 6.45) is 0. The van der Waals surface area contributed by atoms with Gasteiger partial charge in [0.05, 0.1) is 11.2 Å². The largest absolute Gasteiger partial charge is 0.456 e. The fraction of sp³-hybridized carbons (Fsp3) is 0. The Bertz CT molecular complexity index is 4000. The van der Waals surface area contributed by atoms with Gasteiger partial charge in [0.15, 0.2) is 17.5 Å². The zero-order chi connectivity index (χ0) is 44.3. The van der Waals surface area contributed by atoms with Crippen LogP contribution in [0, 0.1) is 0 Å². The second-order valence-corrected chi connectivity index (χ2v) is 16.9. The van der Waals surface area contributed by atoms with Crippen LogP contribution in [0.1, 0.15) is 0 Å². The van der Waals surface area contributed by atoms with Crippen LogP contribution in [0.3, 0.4) is 0 Å². The molecule has 0 bridgehead atoms. The first-order valence-corrected chi connectivity index (χ1v) is 22.5. The number of fused-ring (bicyclic) bond motifs is 7. The molecule has 0 fully saturated rings. The second kappa shape index (κ2) is 15.9. The summed E-state index contributed by atoms with van der Waals surface area (Å²) >= 11 is 0. The van der Waals surface area contributed by atoms with Gasteiger partial charge in [-0.3, -0.25) is 0 Å². The summed E-state index contributed by atoms with van der Waals surface area (Å²) in [6.45, 7) is 0. The standard InChI is InChI=1S/C62H38N4O/c1-4-16-39(17-5-1)40-28-34-45(35-29-40)61-64-60(44-20-8-3-9-21-44)65-62(66-61)49-37-36-46(47-22-10-11-23-48(47)49)41-30-32-42(33-31-41)56-57-50-24-12-14-26-53(50)63-59(43-18-6-2-7-19-43)52(57)38-55-58(56)51-25-13-15-27-54(51)67-55/h1-38H. The van der Waals surface area contributed by atoms with Gasteiger partial charge in [-0.05, 0) is 62.9 Å². The minimum Gasteiger partial charge on any atom is -0.456 e. The third-order valence-corrected chi connectivity index (χ3v) is 12.9. The predicted octanol–water partition coefficient (Wildman–Crippen LogP) is 16.3. The lowest BCUT2D eigenvalue weighted by Crippen LogP contribution is -2.00. The van der Waals surface area contributed by atoms with Crippen molar-refractivity contribution < 1.29 is 4.42 Å². The Morgan fingerprint density at radius 3 is 1.45 bits per heavy atom. The molecule has 0 N–H and O–H groups in total. The van der Waals surface area contributed by atoms with Crippen LogP contribution in [0.5, 0.6) is 0 Å². The second-order valence-electron chi connectivity index (χ2n) is 16.9. The van der Waals surface area contributed by atoms with Crippen molar-refractivity contribution in [1.82, 2.24) is 19.9 Å². The maximum absolute atomic E-state index is 6.66. The van der Waals surface area contributed by atoms with Gasteiger partial charge in [0.1, 0.15) is 11.2 Å². The van der Waals surface area contributed by atoms with Gasteiger partial charge in [0.2, 0.25) is 0 Å². The first-order valence-electron chi connectivity index (χ1n) is 22.5. The van der Waals surface area contributed by atoms with Gasteiger partial charge < -0.3 is 4.42 Å². The Morgan fingerprint density at radius 1 is 0.269 bits per heavy atom. The highest BCUT2D eigenvalue weighted by Crippen LogP contribution is 2.47. The Labute approximate surface area is 386 Å². The topological polar surface area (TPSA) is 64.7 Å². The third kappa shape index (κ3) is 6.64. The molecule has 0 radical (unpaired) electrons. The molecule has 13 aromatic rings. The number of benzene rings is 10. The van der Waals surface area contributed by atoms with Gasteiger partial charge in [-0.1, -0.05) is 206 Å². The number of nitrogens with zero attached hydrogens (tertiary/aromatic N) is 4. The molecule has 5 nitrogen and oxygen atoms in total. The zero-order valence-corrected chi connectivity index (χ0v) is 36.1. The fourth-order valence-electron chi connectivity index (χ4n) is 9.77. The van der Waals surface area contributed by atoms with Crippen molar-refractivity contribution in [3.63, 3.8) is 0 Å². The van der Waals surface area contributed by atoms with Gasteiger partial charge in [-0.2, -0.15) is 0 Å². The molecule has 0 aliphatic heterocycles. The van der Waals surface area contributed by atoms with E-state index >= 15 is 0 Å². The van der Waals surface area contributed by atoms with E-state index in [-0.39, 0.29) is 0 Å². The van der Waals surface area contributed by atoms with Crippen LogP contribution in [0.15, 0.2) is 235 Å². The van der Waals surface area contributed by atoms with E-state index in [1.165, 1.54) is 0 Å². The molecule has 10 aromatic carbocycles. The number of pyridine rings is 1. The molecule has 0 spiro atoms. The number of para-hydroxylation sites is 2. The molecule has 0 saturated carbocycles. The molecule has 5 heteroatoms. The van der Waals surface area contributed by atoms with Crippen LogP contribution in [0.25, 0.3) is 133 Å². The van der Waals surface area contributed by atoms with E-state index in [0.717, 1.165) is 116 Å². The summed E-state index contributed by atoms with van der Waals surface area (Å²) < 4.78 is 6.66. The minimum absolute atomic E-state index is 0.623. The predicted molar refractivity (Wildman–Crippen MR) is 275 cm³/mol. The molecule has 0 saturated heterocycles. The molecule has 0 aliphatic carbocycles. The molecule has 13 rings (SSSR count). The van der Waals surface area contributed by atoms with Gasteiger partial charge in [0.25, 0.3) is 0 Å². The monoisotopic (exact) mass is 854 g/mol. The summed E-state index contributed by atoms with van der Waals surface area (Å²) in [7, 11) is 0. The van der Waals surface area contributed by atoms with Crippen molar-refractivity contribution in [2.45, 2.75) is 0 Å². The van der Waals surface area contributed by atoms with Crippen LogP contribution < -0.4 is 0 Å². The number of rotatable bonds is 7. The highest BCUT2D eigenvalue weighted by atomic mass is 16.3. The average molecular weight is 855 g/mol. The first kappa shape index (κ1) is 38.4. The van der Waals surface area contributed by atoms with Crippen molar-refractivity contribution in [1.29, 1.82) is 0 Å².